The Morgan fingerprint density at radius 3 is 2.60 bits per heavy atom. The van der Waals surface area contributed by atoms with Gasteiger partial charge in [0.05, 0.1) is 23.0 Å². The molecule has 214 valence electrons. The van der Waals surface area contributed by atoms with E-state index in [0.29, 0.717) is 37.7 Å². The summed E-state index contributed by atoms with van der Waals surface area (Å²) in [6.45, 7) is 4.25. The highest BCUT2D eigenvalue weighted by atomic mass is 16.5. The highest BCUT2D eigenvalue weighted by Crippen LogP contribution is 2.44. The first-order valence-corrected chi connectivity index (χ1v) is 13.3. The summed E-state index contributed by atoms with van der Waals surface area (Å²) in [5, 5.41) is 35.3. The lowest BCUT2D eigenvalue weighted by Crippen LogP contribution is -2.73. The monoisotopic (exact) mass is 568 g/mol. The number of aliphatic hydroxyl groups is 3. The van der Waals surface area contributed by atoms with E-state index in [2.05, 4.69) is 25.3 Å². The molecule has 2 aliphatic heterocycles. The first kappa shape index (κ1) is 25.5. The van der Waals surface area contributed by atoms with Crippen LogP contribution < -0.4 is 15.0 Å². The fourth-order valence-corrected chi connectivity index (χ4v) is 5.86. The Kier molecular flexibility index (Phi) is 5.64. The first-order valence-electron chi connectivity index (χ1n) is 13.3. The fraction of sp³-hybridized carbons (Fsp3) is 0.241. The first-order chi connectivity index (χ1) is 20.2. The van der Waals surface area contributed by atoms with Crippen LogP contribution in [0.5, 0.6) is 11.5 Å². The van der Waals surface area contributed by atoms with Crippen molar-refractivity contribution in [3.8, 4) is 11.5 Å². The van der Waals surface area contributed by atoms with Crippen molar-refractivity contribution < 1.29 is 24.9 Å². The lowest BCUT2D eigenvalue weighted by Gasteiger charge is -2.60. The molecule has 13 heteroatoms. The van der Waals surface area contributed by atoms with Gasteiger partial charge in [-0.25, -0.2) is 14.5 Å². The average molecular weight is 569 g/mol. The van der Waals surface area contributed by atoms with Gasteiger partial charge in [-0.2, -0.15) is 5.10 Å². The number of aryl methyl sites for hydroxylation is 2. The standard InChI is InChI=1S/C29H28N8O5/c1-17-9-18(3-6-23(17)42-19-4-5-21-20(10-19)31-16-34(21)2)33-26-24-22(7-8-37(24)32-15-30-26)35-11-29(12-35)13-36(14-29)27(39)25(38)28(40)41/h3-10,15-16,38,40-41H,11-14H2,1-2H3,(H,30,32,33). The zero-order valence-corrected chi connectivity index (χ0v) is 22.9. The fourth-order valence-electron chi connectivity index (χ4n) is 5.86. The van der Waals surface area contributed by atoms with E-state index in [9.17, 15) is 9.90 Å². The smallest absolute Gasteiger partial charge is 0.324 e. The Morgan fingerprint density at radius 1 is 1.02 bits per heavy atom. The van der Waals surface area contributed by atoms with Crippen molar-refractivity contribution >= 4 is 39.6 Å². The third-order valence-electron chi connectivity index (χ3n) is 7.94. The van der Waals surface area contributed by atoms with Crippen LogP contribution in [0.4, 0.5) is 17.2 Å². The van der Waals surface area contributed by atoms with Gasteiger partial charge in [0.25, 0.3) is 11.7 Å². The molecule has 7 rings (SSSR count). The number of amides is 1. The number of anilines is 3. The number of fused-ring (bicyclic) bond motifs is 2. The van der Waals surface area contributed by atoms with Gasteiger partial charge in [-0.05, 0) is 48.9 Å². The van der Waals surface area contributed by atoms with Gasteiger partial charge in [0.2, 0.25) is 0 Å². The molecule has 42 heavy (non-hydrogen) atoms. The van der Waals surface area contributed by atoms with Crippen molar-refractivity contribution in [3.63, 3.8) is 0 Å². The molecule has 0 saturated carbocycles. The summed E-state index contributed by atoms with van der Waals surface area (Å²) in [6, 6.07) is 13.7. The second-order valence-corrected chi connectivity index (χ2v) is 11.0. The molecule has 0 radical (unpaired) electrons. The van der Waals surface area contributed by atoms with Gasteiger partial charge < -0.3 is 39.7 Å². The number of imidazole rings is 1. The molecule has 4 N–H and O–H groups in total. The quantitative estimate of drug-likeness (QED) is 0.175. The largest absolute Gasteiger partial charge is 0.498 e. The number of hydrogen-bond donors (Lipinski definition) is 4. The van der Waals surface area contributed by atoms with Crippen molar-refractivity contribution in [2.45, 2.75) is 6.92 Å². The SMILES string of the molecule is Cc1cc(Nc2ncnn3ccc(N4CC5(CN(C(=O)C(O)=C(O)O)C5)C4)c23)ccc1Oc1ccc2c(c1)ncn2C. The number of nitrogens with one attached hydrogen (secondary N) is 1. The Balaban J connectivity index is 1.06. The summed E-state index contributed by atoms with van der Waals surface area (Å²) in [5.74, 6) is -1.08. The maximum absolute atomic E-state index is 12.1. The number of nitrogens with zero attached hydrogens (tertiary/aromatic N) is 7. The topological polar surface area (TPSA) is 154 Å². The van der Waals surface area contributed by atoms with Crippen LogP contribution in [0.15, 0.2) is 73.0 Å². The molecule has 1 amide bonds. The van der Waals surface area contributed by atoms with Crippen LogP contribution in [-0.2, 0) is 11.8 Å². The van der Waals surface area contributed by atoms with Crippen molar-refractivity contribution in [3.05, 3.63) is 78.6 Å². The Hall–Kier alpha value is -5.46. The summed E-state index contributed by atoms with van der Waals surface area (Å²) in [7, 11) is 1.96. The number of carbonyl (C=O) groups excluding carboxylic acids is 1. The van der Waals surface area contributed by atoms with Crippen LogP contribution in [0, 0.1) is 12.3 Å². The maximum atomic E-state index is 12.1. The van der Waals surface area contributed by atoms with Crippen LogP contribution in [0.1, 0.15) is 5.56 Å². The maximum Gasteiger partial charge on any atom is 0.324 e. The Morgan fingerprint density at radius 2 is 1.83 bits per heavy atom. The molecule has 2 aliphatic rings. The number of hydrogen-bond acceptors (Lipinski definition) is 10. The highest BCUT2D eigenvalue weighted by molar-refractivity contribution is 5.92. The van der Waals surface area contributed by atoms with Gasteiger partial charge in [0.15, 0.2) is 5.82 Å². The normalized spacial score (nSPS) is 15.5. The van der Waals surface area contributed by atoms with Gasteiger partial charge in [0.1, 0.15) is 23.3 Å². The summed E-state index contributed by atoms with van der Waals surface area (Å²) >= 11 is 0. The third kappa shape index (κ3) is 4.17. The van der Waals surface area contributed by atoms with Crippen LogP contribution in [0.25, 0.3) is 16.6 Å². The van der Waals surface area contributed by atoms with Crippen molar-refractivity contribution in [1.29, 1.82) is 0 Å². The van der Waals surface area contributed by atoms with E-state index in [4.69, 9.17) is 14.9 Å². The van der Waals surface area contributed by atoms with Crippen LogP contribution in [0.3, 0.4) is 0 Å². The minimum absolute atomic E-state index is 0.105. The minimum Gasteiger partial charge on any atom is -0.498 e. The van der Waals surface area contributed by atoms with Crippen LogP contribution >= 0.6 is 0 Å². The van der Waals surface area contributed by atoms with Crippen LogP contribution in [-0.4, -0.2) is 76.5 Å². The molecule has 0 aliphatic carbocycles. The van der Waals surface area contributed by atoms with E-state index >= 15 is 0 Å². The molecule has 5 aromatic rings. The van der Waals surface area contributed by atoms with Gasteiger partial charge >= 0.3 is 5.95 Å². The van der Waals surface area contributed by atoms with E-state index in [-0.39, 0.29) is 5.41 Å². The highest BCUT2D eigenvalue weighted by Gasteiger charge is 2.54. The summed E-state index contributed by atoms with van der Waals surface area (Å²) in [4.78, 5) is 24.7. The van der Waals surface area contributed by atoms with Gasteiger partial charge in [-0.3, -0.25) is 4.79 Å². The molecule has 2 aromatic carbocycles. The molecular weight excluding hydrogens is 540 g/mol. The van der Waals surface area contributed by atoms with Crippen LogP contribution in [0.2, 0.25) is 0 Å². The molecule has 1 spiro atoms. The van der Waals surface area contributed by atoms with Crippen molar-refractivity contribution in [1.82, 2.24) is 29.0 Å². The minimum atomic E-state index is -1.36. The second kappa shape index (κ2) is 9.29. The molecule has 2 saturated heterocycles. The Labute approximate surface area is 239 Å². The van der Waals surface area contributed by atoms with E-state index in [1.165, 1.54) is 11.2 Å². The number of carbonyl (C=O) groups is 1. The average Bonchev–Trinajstić information content (AvgIpc) is 3.52. The van der Waals surface area contributed by atoms with Crippen molar-refractivity contribution in [2.75, 3.05) is 36.4 Å². The molecular formula is C29H28N8O5. The second-order valence-electron chi connectivity index (χ2n) is 11.0. The summed E-state index contributed by atoms with van der Waals surface area (Å²) < 4.78 is 9.91. The molecule has 2 fully saturated rings. The molecule has 0 atom stereocenters. The molecule has 0 bridgehead atoms. The molecule has 0 unspecified atom stereocenters. The lowest BCUT2D eigenvalue weighted by atomic mass is 9.72. The van der Waals surface area contributed by atoms with Gasteiger partial charge in [-0.1, -0.05) is 0 Å². The third-order valence-corrected chi connectivity index (χ3v) is 7.94. The number of likely N-dealkylation sites (tertiary alicyclic amines) is 1. The number of ether oxygens (including phenoxy) is 1. The number of benzene rings is 2. The zero-order valence-electron chi connectivity index (χ0n) is 22.9. The van der Waals surface area contributed by atoms with Crippen molar-refractivity contribution in [2.24, 2.45) is 12.5 Å². The number of rotatable bonds is 6. The van der Waals surface area contributed by atoms with Gasteiger partial charge in [-0.15, -0.1) is 0 Å². The van der Waals surface area contributed by atoms with E-state index < -0.39 is 17.6 Å². The Bertz CT molecular complexity index is 1890. The lowest BCUT2D eigenvalue weighted by molar-refractivity contribution is -0.144. The van der Waals surface area contributed by atoms with Gasteiger partial charge in [0, 0.05) is 56.6 Å². The summed E-state index contributed by atoms with van der Waals surface area (Å²) in [5.41, 5.74) is 5.39. The number of aromatic nitrogens is 5. The van der Waals surface area contributed by atoms with E-state index in [0.717, 1.165) is 39.2 Å². The predicted octanol–water partition coefficient (Wildman–Crippen LogP) is 3.95. The predicted molar refractivity (Wildman–Crippen MR) is 154 cm³/mol. The summed E-state index contributed by atoms with van der Waals surface area (Å²) in [6.07, 6.45) is 5.16. The van der Waals surface area contributed by atoms with E-state index in [1.54, 1.807) is 10.8 Å². The number of aliphatic hydroxyl groups excluding tert-OH is 2. The zero-order chi connectivity index (χ0) is 29.2. The molecule has 5 heterocycles. The van der Waals surface area contributed by atoms with E-state index in [1.807, 2.05) is 67.2 Å². The molecule has 3 aromatic heterocycles. The molecule has 13 nitrogen and oxygen atoms in total.